The van der Waals surface area contributed by atoms with Crippen LogP contribution in [0, 0.1) is 0 Å². The van der Waals surface area contributed by atoms with Crippen LogP contribution in [0.3, 0.4) is 0 Å². The van der Waals surface area contributed by atoms with Crippen LogP contribution in [0.15, 0.2) is 36.4 Å². The van der Waals surface area contributed by atoms with E-state index in [1.165, 1.54) is 0 Å². The monoisotopic (exact) mass is 480 g/mol. The zero-order valence-corrected chi connectivity index (χ0v) is 15.2. The number of benzene rings is 2. The van der Waals surface area contributed by atoms with Gasteiger partial charge in [0, 0.05) is 6.07 Å². The van der Waals surface area contributed by atoms with Crippen molar-refractivity contribution in [2.75, 3.05) is 0 Å². The van der Waals surface area contributed by atoms with Crippen LogP contribution in [0.25, 0.3) is 11.0 Å². The summed E-state index contributed by atoms with van der Waals surface area (Å²) in [7, 11) is 0. The Morgan fingerprint density at radius 3 is 1.94 bits per heavy atom. The highest BCUT2D eigenvalue weighted by atomic mass is 35.5. The van der Waals surface area contributed by atoms with Crippen molar-refractivity contribution in [3.8, 4) is 11.5 Å². The molecule has 3 nitrogen and oxygen atoms in total. The lowest BCUT2D eigenvalue weighted by Crippen LogP contribution is -2.50. The summed E-state index contributed by atoms with van der Waals surface area (Å²) >= 11 is 5.87. The average molecular weight is 481 g/mol. The molecule has 0 fully saturated rings. The Bertz CT molecular complexity index is 1100. The Kier molecular flexibility index (Phi) is 5.32. The van der Waals surface area contributed by atoms with Crippen molar-refractivity contribution in [1.82, 2.24) is 9.97 Å². The van der Waals surface area contributed by atoms with Crippen molar-refractivity contribution in [1.29, 1.82) is 0 Å². The molecule has 2 aromatic carbocycles. The van der Waals surface area contributed by atoms with E-state index in [1.807, 2.05) is 0 Å². The second-order valence-electron chi connectivity index (χ2n) is 6.16. The fraction of sp³-hybridized carbons (Fsp3) is 0.235. The molecule has 0 bridgehead atoms. The fourth-order valence-corrected chi connectivity index (χ4v) is 2.60. The molecule has 0 aliphatic rings. The first-order valence-corrected chi connectivity index (χ1v) is 8.29. The summed E-state index contributed by atoms with van der Waals surface area (Å²) in [5, 5.41) is -0.323. The average Bonchev–Trinajstić information content (AvgIpc) is 3.04. The van der Waals surface area contributed by atoms with E-state index < -0.39 is 46.6 Å². The van der Waals surface area contributed by atoms with Gasteiger partial charge in [-0.25, -0.2) is 4.98 Å². The van der Waals surface area contributed by atoms with Crippen molar-refractivity contribution in [2.24, 2.45) is 0 Å². The highest BCUT2D eigenvalue weighted by molar-refractivity contribution is 6.32. The second kappa shape index (κ2) is 7.18. The number of nitrogens with one attached hydrogen (secondary N) is 1. The molecule has 0 aliphatic heterocycles. The molecular formula is C17H7ClF10N2O. The predicted molar refractivity (Wildman–Crippen MR) is 87.5 cm³/mol. The van der Waals surface area contributed by atoms with E-state index in [-0.39, 0.29) is 16.5 Å². The zero-order chi connectivity index (χ0) is 23.4. The summed E-state index contributed by atoms with van der Waals surface area (Å²) in [5.41, 5.74) is -1.89. The molecule has 3 aromatic rings. The van der Waals surface area contributed by atoms with E-state index in [9.17, 15) is 43.9 Å². The maximum Gasteiger partial charge on any atom is 0.460 e. The topological polar surface area (TPSA) is 37.9 Å². The number of hydrogen-bond acceptors (Lipinski definition) is 2. The smallest absolute Gasteiger partial charge is 0.456 e. The molecule has 1 N–H and O–H groups in total. The molecule has 14 heteroatoms. The van der Waals surface area contributed by atoms with Gasteiger partial charge in [-0.1, -0.05) is 11.6 Å². The number of H-pyrrole nitrogens is 1. The van der Waals surface area contributed by atoms with E-state index >= 15 is 0 Å². The SMILES string of the molecule is FC(F)(F)c1ccc(Oc2cc3[nH]c(C(F)(F)C(F)(F)C(F)(F)F)nc3cc2Cl)cc1. The van der Waals surface area contributed by atoms with Crippen LogP contribution < -0.4 is 4.74 Å². The number of alkyl halides is 10. The first-order chi connectivity index (χ1) is 14.0. The minimum Gasteiger partial charge on any atom is -0.456 e. The molecule has 0 spiro atoms. The summed E-state index contributed by atoms with van der Waals surface area (Å²) in [6.45, 7) is 0. The summed E-state index contributed by atoms with van der Waals surface area (Å²) in [6, 6.07) is 4.96. The van der Waals surface area contributed by atoms with Crippen LogP contribution in [-0.4, -0.2) is 22.1 Å². The van der Waals surface area contributed by atoms with Crippen LogP contribution >= 0.6 is 11.6 Å². The Morgan fingerprint density at radius 2 is 1.42 bits per heavy atom. The molecule has 0 saturated carbocycles. The van der Waals surface area contributed by atoms with E-state index in [1.54, 1.807) is 4.98 Å². The largest absolute Gasteiger partial charge is 0.460 e. The number of fused-ring (bicyclic) bond motifs is 1. The lowest BCUT2D eigenvalue weighted by atomic mass is 10.1. The van der Waals surface area contributed by atoms with Gasteiger partial charge in [-0.2, -0.15) is 43.9 Å². The molecule has 1 aromatic heterocycles. The number of hydrogen-bond donors (Lipinski definition) is 1. The summed E-state index contributed by atoms with van der Waals surface area (Å²) < 4.78 is 134. The van der Waals surface area contributed by atoms with Crippen molar-refractivity contribution in [2.45, 2.75) is 24.2 Å². The van der Waals surface area contributed by atoms with Crippen LogP contribution in [0.2, 0.25) is 5.02 Å². The molecule has 0 unspecified atom stereocenters. The maximum atomic E-state index is 13.8. The summed E-state index contributed by atoms with van der Waals surface area (Å²) in [5.74, 6) is -14.6. The van der Waals surface area contributed by atoms with E-state index in [0.29, 0.717) is 12.1 Å². The second-order valence-corrected chi connectivity index (χ2v) is 6.56. The van der Waals surface area contributed by atoms with Gasteiger partial charge >= 0.3 is 24.2 Å². The number of aromatic amines is 1. The minimum atomic E-state index is -6.55. The molecule has 3 rings (SSSR count). The molecule has 168 valence electrons. The van der Waals surface area contributed by atoms with Crippen LogP contribution in [0.5, 0.6) is 11.5 Å². The van der Waals surface area contributed by atoms with Gasteiger partial charge in [0.25, 0.3) is 0 Å². The fourth-order valence-electron chi connectivity index (χ4n) is 2.40. The van der Waals surface area contributed by atoms with E-state index in [2.05, 4.69) is 4.98 Å². The van der Waals surface area contributed by atoms with Gasteiger partial charge in [-0.3, -0.25) is 0 Å². The van der Waals surface area contributed by atoms with Gasteiger partial charge in [-0.15, -0.1) is 0 Å². The lowest BCUT2D eigenvalue weighted by molar-refractivity contribution is -0.361. The van der Waals surface area contributed by atoms with Crippen molar-refractivity contribution in [3.05, 3.63) is 52.8 Å². The predicted octanol–water partition coefficient (Wildman–Crippen LogP) is 7.32. The maximum absolute atomic E-state index is 13.8. The highest BCUT2D eigenvalue weighted by Crippen LogP contribution is 2.51. The van der Waals surface area contributed by atoms with Crippen molar-refractivity contribution in [3.63, 3.8) is 0 Å². The molecule has 0 aliphatic carbocycles. The first kappa shape index (κ1) is 23.0. The van der Waals surface area contributed by atoms with Crippen molar-refractivity contribution < 1.29 is 48.6 Å². The minimum absolute atomic E-state index is 0.150. The van der Waals surface area contributed by atoms with Gasteiger partial charge in [0.1, 0.15) is 11.5 Å². The van der Waals surface area contributed by atoms with Gasteiger partial charge in [-0.05, 0) is 30.3 Å². The summed E-state index contributed by atoms with van der Waals surface area (Å²) in [6.07, 6.45) is -11.2. The van der Waals surface area contributed by atoms with Crippen LogP contribution in [0.4, 0.5) is 43.9 Å². The van der Waals surface area contributed by atoms with Gasteiger partial charge in [0.2, 0.25) is 0 Å². The Hall–Kier alpha value is -2.70. The number of ether oxygens (including phenoxy) is 1. The molecule has 1 heterocycles. The lowest BCUT2D eigenvalue weighted by Gasteiger charge is -2.26. The van der Waals surface area contributed by atoms with Gasteiger partial charge in [0.05, 0.1) is 21.6 Å². The number of nitrogens with zero attached hydrogens (tertiary/aromatic N) is 1. The normalized spacial score (nSPS) is 13.6. The molecule has 31 heavy (non-hydrogen) atoms. The Morgan fingerprint density at radius 1 is 0.839 bits per heavy atom. The highest BCUT2D eigenvalue weighted by Gasteiger charge is 2.74. The number of aromatic nitrogens is 2. The first-order valence-electron chi connectivity index (χ1n) is 7.91. The standard InChI is InChI=1S/C17H7ClF10N2O/c18-9-5-10-11(30-13(29-10)14(19,20)16(24,25)17(26,27)28)6-12(9)31-8-3-1-7(2-4-8)15(21,22)23/h1-6H,(H,29,30). The molecule has 0 saturated heterocycles. The molecule has 0 atom stereocenters. The van der Waals surface area contributed by atoms with E-state index in [4.69, 9.17) is 16.3 Å². The van der Waals surface area contributed by atoms with Gasteiger partial charge < -0.3 is 9.72 Å². The van der Waals surface area contributed by atoms with Crippen molar-refractivity contribution >= 4 is 22.6 Å². The zero-order valence-electron chi connectivity index (χ0n) is 14.5. The third-order valence-electron chi connectivity index (χ3n) is 3.99. The number of rotatable bonds is 4. The summed E-state index contributed by atoms with van der Waals surface area (Å²) in [4.78, 5) is 4.73. The van der Waals surface area contributed by atoms with E-state index in [0.717, 1.165) is 24.3 Å². The third kappa shape index (κ3) is 4.10. The molecular weight excluding hydrogens is 474 g/mol. The van der Waals surface area contributed by atoms with Gasteiger partial charge in [0.15, 0.2) is 5.82 Å². The van der Waals surface area contributed by atoms with Crippen LogP contribution in [-0.2, 0) is 12.1 Å². The third-order valence-corrected chi connectivity index (χ3v) is 4.29. The molecule has 0 radical (unpaired) electrons. The van der Waals surface area contributed by atoms with Crippen LogP contribution in [0.1, 0.15) is 11.4 Å². The number of imidazole rings is 1. The Balaban J connectivity index is 1.96. The Labute approximate surface area is 170 Å². The number of halogens is 11. The quantitative estimate of drug-likeness (QED) is 0.397. The molecule has 0 amide bonds.